The number of hydrogen-bond acceptors (Lipinski definition) is 4. The molecule has 0 saturated heterocycles. The molecule has 1 unspecified atom stereocenters. The van der Waals surface area contributed by atoms with Gasteiger partial charge in [-0.1, -0.05) is 48.0 Å². The summed E-state index contributed by atoms with van der Waals surface area (Å²) in [5.74, 6) is 1.39. The van der Waals surface area contributed by atoms with E-state index in [0.717, 1.165) is 15.6 Å². The van der Waals surface area contributed by atoms with Crippen molar-refractivity contribution in [1.82, 2.24) is 10.2 Å². The highest BCUT2D eigenvalue weighted by molar-refractivity contribution is 9.10. The Labute approximate surface area is 199 Å². The molecule has 7 heteroatoms. The van der Waals surface area contributed by atoms with Gasteiger partial charge < -0.3 is 19.7 Å². The van der Waals surface area contributed by atoms with Crippen LogP contribution in [0.25, 0.3) is 0 Å². The molecule has 0 aromatic heterocycles. The Morgan fingerprint density at radius 2 is 1.72 bits per heavy atom. The number of rotatable bonds is 11. The molecule has 0 aliphatic heterocycles. The number of nitrogens with one attached hydrogen (secondary N) is 1. The maximum Gasteiger partial charge on any atom is 0.242 e. The van der Waals surface area contributed by atoms with E-state index >= 15 is 0 Å². The van der Waals surface area contributed by atoms with Crippen molar-refractivity contribution in [1.29, 1.82) is 0 Å². The molecule has 1 N–H and O–H groups in total. The number of nitrogens with zero attached hydrogens (tertiary/aromatic N) is 1. The first-order chi connectivity index (χ1) is 15.2. The van der Waals surface area contributed by atoms with Crippen molar-refractivity contribution in [2.24, 2.45) is 5.92 Å². The zero-order chi connectivity index (χ0) is 23.7. The minimum Gasteiger partial charge on any atom is -0.493 e. The fourth-order valence-electron chi connectivity index (χ4n) is 3.30. The maximum atomic E-state index is 13.2. The molecule has 2 amide bonds. The number of carbonyl (C=O) groups excluding carboxylic acids is 2. The lowest BCUT2D eigenvalue weighted by molar-refractivity contribution is -0.140. The zero-order valence-corrected chi connectivity index (χ0v) is 21.1. The van der Waals surface area contributed by atoms with Gasteiger partial charge >= 0.3 is 0 Å². The van der Waals surface area contributed by atoms with Crippen molar-refractivity contribution in [2.45, 2.75) is 46.2 Å². The van der Waals surface area contributed by atoms with Crippen LogP contribution in [0.15, 0.2) is 46.9 Å². The standard InChI is InChI=1S/C25H33BrN2O4/c1-17(2)15-27-25(30)18(3)28(16-20-7-6-8-21(26)13-20)24(29)12-10-19-9-11-22(31-4)23(14-19)32-5/h6-9,11,13-14,17-18H,10,12,15-16H2,1-5H3,(H,27,30). The second kappa shape index (κ2) is 12.5. The minimum atomic E-state index is -0.578. The van der Waals surface area contributed by atoms with Gasteiger partial charge in [0.25, 0.3) is 0 Å². The Hall–Kier alpha value is -2.54. The van der Waals surface area contributed by atoms with Crippen LogP contribution in [0.2, 0.25) is 0 Å². The highest BCUT2D eigenvalue weighted by Crippen LogP contribution is 2.28. The Bertz CT molecular complexity index is 917. The van der Waals surface area contributed by atoms with E-state index in [2.05, 4.69) is 21.2 Å². The highest BCUT2D eigenvalue weighted by Gasteiger charge is 2.26. The summed E-state index contributed by atoms with van der Waals surface area (Å²) in [5, 5.41) is 2.94. The van der Waals surface area contributed by atoms with Gasteiger partial charge in [0.15, 0.2) is 11.5 Å². The van der Waals surface area contributed by atoms with Gasteiger partial charge in [-0.3, -0.25) is 9.59 Å². The molecule has 6 nitrogen and oxygen atoms in total. The molecular formula is C25H33BrN2O4. The lowest BCUT2D eigenvalue weighted by Gasteiger charge is -2.29. The van der Waals surface area contributed by atoms with Crippen LogP contribution in [0.5, 0.6) is 11.5 Å². The van der Waals surface area contributed by atoms with E-state index in [1.807, 2.05) is 56.3 Å². The fraction of sp³-hybridized carbons (Fsp3) is 0.440. The van der Waals surface area contributed by atoms with Crippen LogP contribution in [0, 0.1) is 5.92 Å². The first-order valence-electron chi connectivity index (χ1n) is 10.8. The largest absolute Gasteiger partial charge is 0.493 e. The van der Waals surface area contributed by atoms with Crippen LogP contribution >= 0.6 is 15.9 Å². The maximum absolute atomic E-state index is 13.2. The molecule has 0 saturated carbocycles. The lowest BCUT2D eigenvalue weighted by atomic mass is 10.1. The van der Waals surface area contributed by atoms with Crippen LogP contribution in [0.1, 0.15) is 38.3 Å². The smallest absolute Gasteiger partial charge is 0.242 e. The lowest BCUT2D eigenvalue weighted by Crippen LogP contribution is -2.48. The number of aryl methyl sites for hydroxylation is 1. The van der Waals surface area contributed by atoms with Crippen LogP contribution in [-0.2, 0) is 22.6 Å². The molecule has 2 aromatic rings. The van der Waals surface area contributed by atoms with Crippen LogP contribution < -0.4 is 14.8 Å². The molecule has 2 rings (SSSR count). The number of methoxy groups -OCH3 is 2. The summed E-state index contributed by atoms with van der Waals surface area (Å²) in [6, 6.07) is 12.8. The van der Waals surface area contributed by atoms with Crippen molar-refractivity contribution >= 4 is 27.7 Å². The SMILES string of the molecule is COc1ccc(CCC(=O)N(Cc2cccc(Br)c2)C(C)C(=O)NCC(C)C)cc1OC. The molecule has 0 heterocycles. The monoisotopic (exact) mass is 504 g/mol. The van der Waals surface area contributed by atoms with Gasteiger partial charge in [-0.2, -0.15) is 0 Å². The van der Waals surface area contributed by atoms with Gasteiger partial charge in [-0.25, -0.2) is 0 Å². The van der Waals surface area contributed by atoms with E-state index in [4.69, 9.17) is 9.47 Å². The van der Waals surface area contributed by atoms with E-state index in [1.165, 1.54) is 0 Å². The summed E-state index contributed by atoms with van der Waals surface area (Å²) >= 11 is 3.48. The molecule has 0 aliphatic rings. The molecule has 2 aromatic carbocycles. The van der Waals surface area contributed by atoms with E-state index in [1.54, 1.807) is 26.0 Å². The van der Waals surface area contributed by atoms with Gasteiger partial charge in [-0.05, 0) is 54.7 Å². The normalized spacial score (nSPS) is 11.7. The summed E-state index contributed by atoms with van der Waals surface area (Å²) in [6.07, 6.45) is 0.819. The number of halogens is 1. The van der Waals surface area contributed by atoms with Crippen molar-refractivity contribution in [3.05, 3.63) is 58.1 Å². The van der Waals surface area contributed by atoms with Gasteiger partial charge in [0, 0.05) is 24.0 Å². The molecule has 0 spiro atoms. The number of carbonyl (C=O) groups is 2. The quantitative estimate of drug-likeness (QED) is 0.485. The van der Waals surface area contributed by atoms with Crippen molar-refractivity contribution < 1.29 is 19.1 Å². The first kappa shape index (κ1) is 25.7. The topological polar surface area (TPSA) is 67.9 Å². The van der Waals surface area contributed by atoms with Gasteiger partial charge in [0.05, 0.1) is 14.2 Å². The van der Waals surface area contributed by atoms with Crippen LogP contribution in [0.3, 0.4) is 0 Å². The fourth-order valence-corrected chi connectivity index (χ4v) is 3.74. The number of hydrogen-bond donors (Lipinski definition) is 1. The van der Waals surface area contributed by atoms with Crippen molar-refractivity contribution in [3.8, 4) is 11.5 Å². The second-order valence-electron chi connectivity index (χ2n) is 8.16. The molecule has 0 fully saturated rings. The third kappa shape index (κ3) is 7.55. The Morgan fingerprint density at radius 1 is 1.00 bits per heavy atom. The molecule has 32 heavy (non-hydrogen) atoms. The van der Waals surface area contributed by atoms with Crippen molar-refractivity contribution in [2.75, 3.05) is 20.8 Å². The Kier molecular flexibility index (Phi) is 10.0. The Morgan fingerprint density at radius 3 is 2.34 bits per heavy atom. The average molecular weight is 505 g/mol. The number of ether oxygens (including phenoxy) is 2. The molecule has 174 valence electrons. The minimum absolute atomic E-state index is 0.0769. The zero-order valence-electron chi connectivity index (χ0n) is 19.5. The summed E-state index contributed by atoms with van der Waals surface area (Å²) in [6.45, 7) is 6.80. The van der Waals surface area contributed by atoms with Crippen LogP contribution in [0.4, 0.5) is 0 Å². The first-order valence-corrected chi connectivity index (χ1v) is 11.6. The van der Waals surface area contributed by atoms with Gasteiger partial charge in [0.1, 0.15) is 6.04 Å². The predicted octanol–water partition coefficient (Wildman–Crippen LogP) is 4.59. The highest BCUT2D eigenvalue weighted by atomic mass is 79.9. The summed E-state index contributed by atoms with van der Waals surface area (Å²) in [7, 11) is 3.18. The summed E-state index contributed by atoms with van der Waals surface area (Å²) in [4.78, 5) is 27.6. The van der Waals surface area contributed by atoms with Crippen molar-refractivity contribution in [3.63, 3.8) is 0 Å². The summed E-state index contributed by atoms with van der Waals surface area (Å²) < 4.78 is 11.6. The second-order valence-corrected chi connectivity index (χ2v) is 9.07. The number of amides is 2. The average Bonchev–Trinajstić information content (AvgIpc) is 2.78. The summed E-state index contributed by atoms with van der Waals surface area (Å²) in [5.41, 5.74) is 1.93. The molecule has 1 atom stereocenters. The number of benzene rings is 2. The van der Waals surface area contributed by atoms with E-state index in [9.17, 15) is 9.59 Å². The Balaban J connectivity index is 2.16. The van der Waals surface area contributed by atoms with Crippen LogP contribution in [-0.4, -0.2) is 43.5 Å². The van der Waals surface area contributed by atoms with E-state index in [-0.39, 0.29) is 18.2 Å². The van der Waals surface area contributed by atoms with Gasteiger partial charge in [0.2, 0.25) is 11.8 Å². The van der Waals surface area contributed by atoms with Gasteiger partial charge in [-0.15, -0.1) is 0 Å². The molecule has 0 bridgehead atoms. The predicted molar refractivity (Wildman–Crippen MR) is 130 cm³/mol. The van der Waals surface area contributed by atoms with E-state index in [0.29, 0.717) is 36.9 Å². The molecule has 0 radical (unpaired) electrons. The molecular weight excluding hydrogens is 472 g/mol. The third-order valence-electron chi connectivity index (χ3n) is 5.17. The molecule has 0 aliphatic carbocycles. The third-order valence-corrected chi connectivity index (χ3v) is 5.66. The van der Waals surface area contributed by atoms with E-state index < -0.39 is 6.04 Å².